The molecule has 2 aromatic carbocycles. The number of nitrogens with zero attached hydrogens (tertiary/aromatic N) is 3. The minimum absolute atomic E-state index is 0.0190. The number of hydrogen-bond acceptors (Lipinski definition) is 5. The van der Waals surface area contributed by atoms with E-state index in [1.807, 2.05) is 30.5 Å². The van der Waals surface area contributed by atoms with Crippen molar-refractivity contribution in [3.8, 4) is 11.4 Å². The first kappa shape index (κ1) is 21.4. The van der Waals surface area contributed by atoms with Crippen LogP contribution < -0.4 is 5.43 Å². The van der Waals surface area contributed by atoms with E-state index < -0.39 is 22.3 Å². The Bertz CT molecular complexity index is 1170. The number of phenolic OH excluding ortho intramolecular Hbond substituents is 1. The van der Waals surface area contributed by atoms with E-state index in [1.54, 1.807) is 18.2 Å². The quantitative estimate of drug-likeness (QED) is 0.333. The molecule has 0 unspecified atom stereocenters. The molecule has 0 aliphatic rings. The van der Waals surface area contributed by atoms with Crippen LogP contribution in [0.15, 0.2) is 47.6 Å². The van der Waals surface area contributed by atoms with Gasteiger partial charge in [-0.3, -0.25) is 14.9 Å². The van der Waals surface area contributed by atoms with Crippen molar-refractivity contribution in [2.24, 2.45) is 5.10 Å². The van der Waals surface area contributed by atoms with Gasteiger partial charge in [-0.2, -0.15) is 5.10 Å². The van der Waals surface area contributed by atoms with Crippen LogP contribution in [-0.2, 0) is 0 Å². The fourth-order valence-corrected chi connectivity index (χ4v) is 3.45. The molecule has 8 nitrogen and oxygen atoms in total. The number of nitro groups is 1. The second-order valence-corrected chi connectivity index (χ2v) is 7.28. The van der Waals surface area contributed by atoms with Gasteiger partial charge >= 0.3 is 5.69 Å². The first-order valence-corrected chi connectivity index (χ1v) is 9.40. The number of hydrazone groups is 1. The van der Waals surface area contributed by atoms with Crippen LogP contribution in [-0.4, -0.2) is 26.7 Å². The van der Waals surface area contributed by atoms with Crippen LogP contribution in [0.25, 0.3) is 5.69 Å². The number of carbonyl (C=O) groups is 1. The van der Waals surface area contributed by atoms with Gasteiger partial charge in [-0.1, -0.05) is 23.2 Å². The van der Waals surface area contributed by atoms with Gasteiger partial charge in [0.15, 0.2) is 0 Å². The van der Waals surface area contributed by atoms with Gasteiger partial charge in [0, 0.05) is 33.7 Å². The second kappa shape index (κ2) is 8.56. The molecule has 0 saturated heterocycles. The molecule has 2 N–H and O–H groups in total. The molecule has 154 valence electrons. The number of phenols is 1. The first-order valence-electron chi connectivity index (χ1n) is 8.64. The van der Waals surface area contributed by atoms with E-state index in [9.17, 15) is 20.0 Å². The average Bonchev–Trinajstić information content (AvgIpc) is 3.02. The Balaban J connectivity index is 1.80. The maximum Gasteiger partial charge on any atom is 0.312 e. The molecular weight excluding hydrogens is 431 g/mol. The third-order valence-electron chi connectivity index (χ3n) is 4.38. The van der Waals surface area contributed by atoms with Crippen molar-refractivity contribution in [1.82, 2.24) is 9.99 Å². The summed E-state index contributed by atoms with van der Waals surface area (Å²) in [6.07, 6.45) is 1.06. The van der Waals surface area contributed by atoms with Gasteiger partial charge in [0.2, 0.25) is 5.75 Å². The molecule has 10 heteroatoms. The minimum atomic E-state index is -0.771. The van der Waals surface area contributed by atoms with Crippen LogP contribution in [0.1, 0.15) is 27.3 Å². The van der Waals surface area contributed by atoms with Crippen LogP contribution in [0.3, 0.4) is 0 Å². The summed E-state index contributed by atoms with van der Waals surface area (Å²) in [5, 5.41) is 24.9. The molecule has 0 saturated carbocycles. The van der Waals surface area contributed by atoms with E-state index in [2.05, 4.69) is 10.5 Å². The number of rotatable bonds is 5. The van der Waals surface area contributed by atoms with Gasteiger partial charge in [0.05, 0.1) is 21.7 Å². The molecule has 1 aromatic heterocycles. The molecule has 3 aromatic rings. The third kappa shape index (κ3) is 4.29. The Hall–Kier alpha value is -3.36. The monoisotopic (exact) mass is 446 g/mol. The molecule has 0 bridgehead atoms. The minimum Gasteiger partial charge on any atom is -0.502 e. The van der Waals surface area contributed by atoms with E-state index >= 15 is 0 Å². The summed E-state index contributed by atoms with van der Waals surface area (Å²) in [5.74, 6) is -1.19. The summed E-state index contributed by atoms with van der Waals surface area (Å²) in [4.78, 5) is 22.6. The van der Waals surface area contributed by atoms with Crippen molar-refractivity contribution in [3.05, 3.63) is 85.1 Å². The average molecular weight is 447 g/mol. The first-order chi connectivity index (χ1) is 14.2. The van der Waals surface area contributed by atoms with Crippen molar-refractivity contribution in [3.63, 3.8) is 0 Å². The number of aromatic nitrogens is 1. The van der Waals surface area contributed by atoms with Crippen molar-refractivity contribution in [1.29, 1.82) is 0 Å². The Kier molecular flexibility index (Phi) is 6.09. The van der Waals surface area contributed by atoms with Crippen LogP contribution in [0.4, 0.5) is 5.69 Å². The number of hydrogen-bond donors (Lipinski definition) is 2. The number of benzene rings is 2. The topological polar surface area (TPSA) is 110 Å². The molecule has 30 heavy (non-hydrogen) atoms. The molecule has 3 rings (SSSR count). The van der Waals surface area contributed by atoms with Crippen molar-refractivity contribution < 1.29 is 14.8 Å². The normalized spacial score (nSPS) is 11.1. The lowest BCUT2D eigenvalue weighted by Crippen LogP contribution is -2.18. The van der Waals surface area contributed by atoms with Crippen molar-refractivity contribution in [2.45, 2.75) is 13.8 Å². The number of halogens is 2. The van der Waals surface area contributed by atoms with E-state index in [-0.39, 0.29) is 21.2 Å². The highest BCUT2D eigenvalue weighted by Crippen LogP contribution is 2.32. The van der Waals surface area contributed by atoms with Gasteiger partial charge in [-0.05, 0) is 50.2 Å². The maximum atomic E-state index is 12.4. The number of aryl methyl sites for hydroxylation is 2. The molecular formula is C20H16Cl2N4O4. The van der Waals surface area contributed by atoms with Gasteiger partial charge in [0.1, 0.15) is 0 Å². The third-order valence-corrected chi connectivity index (χ3v) is 4.91. The number of nitro benzene ring substituents is 1. The number of nitrogens with one attached hydrogen (secondary N) is 1. The Labute approximate surface area is 181 Å². The lowest BCUT2D eigenvalue weighted by atomic mass is 10.2. The summed E-state index contributed by atoms with van der Waals surface area (Å²) < 4.78 is 2.00. The summed E-state index contributed by atoms with van der Waals surface area (Å²) >= 11 is 12.1. The Morgan fingerprint density at radius 1 is 1.17 bits per heavy atom. The van der Waals surface area contributed by atoms with E-state index in [1.165, 1.54) is 6.07 Å². The predicted octanol–water partition coefficient (Wildman–Crippen LogP) is 4.78. The number of carbonyl (C=O) groups excluding carboxylic acids is 1. The lowest BCUT2D eigenvalue weighted by Gasteiger charge is -2.11. The standard InChI is InChI=1S/C20H16Cl2N4O4/c1-11-3-4-12(2)25(11)15-5-6-16(17(22)9-15)20(28)24-23-10-13-7-14(21)8-18(19(13)27)26(29)30/h3-10,27H,1-2H3,(H,24,28)/b23-10-. The molecule has 0 aliphatic heterocycles. The number of amides is 1. The summed E-state index contributed by atoms with van der Waals surface area (Å²) in [7, 11) is 0. The van der Waals surface area contributed by atoms with Gasteiger partial charge in [-0.25, -0.2) is 5.43 Å². The van der Waals surface area contributed by atoms with Gasteiger partial charge < -0.3 is 9.67 Å². The highest BCUT2D eigenvalue weighted by Gasteiger charge is 2.18. The summed E-state index contributed by atoms with van der Waals surface area (Å²) in [6, 6.07) is 11.3. The van der Waals surface area contributed by atoms with Crippen molar-refractivity contribution in [2.75, 3.05) is 0 Å². The highest BCUT2D eigenvalue weighted by atomic mass is 35.5. The predicted molar refractivity (Wildman–Crippen MR) is 115 cm³/mol. The van der Waals surface area contributed by atoms with Gasteiger partial charge in [-0.15, -0.1) is 0 Å². The smallest absolute Gasteiger partial charge is 0.312 e. The fraction of sp³-hybridized carbons (Fsp3) is 0.100. The Morgan fingerprint density at radius 2 is 1.83 bits per heavy atom. The summed E-state index contributed by atoms with van der Waals surface area (Å²) in [6.45, 7) is 3.93. The largest absolute Gasteiger partial charge is 0.502 e. The van der Waals surface area contributed by atoms with Crippen LogP contribution in [0.2, 0.25) is 10.0 Å². The molecule has 0 atom stereocenters. The highest BCUT2D eigenvalue weighted by molar-refractivity contribution is 6.34. The van der Waals surface area contributed by atoms with Crippen LogP contribution in [0.5, 0.6) is 5.75 Å². The zero-order chi connectivity index (χ0) is 22.0. The number of aromatic hydroxyl groups is 1. The zero-order valence-electron chi connectivity index (χ0n) is 15.9. The molecule has 1 heterocycles. The zero-order valence-corrected chi connectivity index (χ0v) is 17.4. The van der Waals surface area contributed by atoms with Crippen LogP contribution >= 0.6 is 23.2 Å². The van der Waals surface area contributed by atoms with E-state index in [4.69, 9.17) is 23.2 Å². The SMILES string of the molecule is Cc1ccc(C)n1-c1ccc(C(=O)N/N=C\c2cc(Cl)cc([N+](=O)[O-])c2O)c(Cl)c1. The second-order valence-electron chi connectivity index (χ2n) is 6.43. The van der Waals surface area contributed by atoms with Gasteiger partial charge in [0.25, 0.3) is 5.91 Å². The van der Waals surface area contributed by atoms with E-state index in [0.29, 0.717) is 0 Å². The fourth-order valence-electron chi connectivity index (χ4n) is 2.97. The molecule has 0 spiro atoms. The van der Waals surface area contributed by atoms with Crippen LogP contribution in [0, 0.1) is 24.0 Å². The lowest BCUT2D eigenvalue weighted by molar-refractivity contribution is -0.385. The molecule has 0 radical (unpaired) electrons. The summed E-state index contributed by atoms with van der Waals surface area (Å²) in [5.41, 5.74) is 4.76. The molecule has 1 amide bonds. The maximum absolute atomic E-state index is 12.4. The molecule has 0 aliphatic carbocycles. The van der Waals surface area contributed by atoms with E-state index in [0.717, 1.165) is 29.4 Å². The van der Waals surface area contributed by atoms with Crippen molar-refractivity contribution >= 4 is 41.0 Å². The Morgan fingerprint density at radius 3 is 2.43 bits per heavy atom. The molecule has 0 fully saturated rings.